The van der Waals surface area contributed by atoms with Crippen LogP contribution in [-0.4, -0.2) is 102 Å². The Kier molecular flexibility index (Phi) is 14.1. The normalized spacial score (nSPS) is 16.8. The van der Waals surface area contributed by atoms with E-state index in [4.69, 9.17) is 16.3 Å². The smallest absolute Gasteiger partial charge is 0.328 e. The number of hydrogen-bond acceptors (Lipinski definition) is 13. The van der Waals surface area contributed by atoms with Crippen molar-refractivity contribution in [3.8, 4) is 5.75 Å². The summed E-state index contributed by atoms with van der Waals surface area (Å²) >= 11 is 6.42. The number of halogens is 1. The van der Waals surface area contributed by atoms with Crippen molar-refractivity contribution in [1.82, 2.24) is 25.9 Å². The molecule has 60 heavy (non-hydrogen) atoms. The number of benzene rings is 3. The molecule has 6 N–H and O–H groups in total. The van der Waals surface area contributed by atoms with Gasteiger partial charge in [-0.1, -0.05) is 23.7 Å². The van der Waals surface area contributed by atoms with Gasteiger partial charge in [0.15, 0.2) is 5.82 Å². The molecule has 3 amide bonds. The first-order valence-corrected chi connectivity index (χ1v) is 22.7. The van der Waals surface area contributed by atoms with Gasteiger partial charge in [0, 0.05) is 81.4 Å². The van der Waals surface area contributed by atoms with Gasteiger partial charge in [-0.25, -0.2) is 18.2 Å². The van der Waals surface area contributed by atoms with E-state index in [0.29, 0.717) is 53.6 Å². The van der Waals surface area contributed by atoms with E-state index in [9.17, 15) is 18.0 Å². The minimum Gasteiger partial charge on any atom is -0.494 e. The molecule has 0 saturated carbocycles. The molecular formula is C42H54ClN11O5S. The summed E-state index contributed by atoms with van der Waals surface area (Å²) in [7, 11) is -1.86. The monoisotopic (exact) mass is 859 g/mol. The Balaban J connectivity index is 0.795. The molecule has 16 nitrogen and oxygen atoms in total. The zero-order valence-corrected chi connectivity index (χ0v) is 35.6. The molecule has 0 bridgehead atoms. The predicted octanol–water partition coefficient (Wildman–Crippen LogP) is 5.90. The number of hydrogen-bond donors (Lipinski definition) is 6. The molecule has 3 aliphatic rings. The van der Waals surface area contributed by atoms with Crippen LogP contribution in [-0.2, 0) is 14.8 Å². The molecule has 7 rings (SSSR count). The minimum atomic E-state index is -3.50. The molecule has 3 aromatic carbocycles. The average molecular weight is 860 g/mol. The molecule has 18 heteroatoms. The summed E-state index contributed by atoms with van der Waals surface area (Å²) in [6, 6.07) is 21.1. The number of nitrogens with one attached hydrogen (secondary N) is 6. The summed E-state index contributed by atoms with van der Waals surface area (Å²) in [4.78, 5) is 39.0. The number of sulfonamides is 1. The lowest BCUT2D eigenvalue weighted by Crippen LogP contribution is -2.49. The topological polar surface area (TPSA) is 185 Å². The molecule has 1 aromatic heterocycles. The van der Waals surface area contributed by atoms with Gasteiger partial charge in [-0.2, -0.15) is 4.98 Å². The molecule has 0 atom stereocenters. The molecule has 3 fully saturated rings. The number of para-hydroxylation sites is 2. The fourth-order valence-electron chi connectivity index (χ4n) is 7.90. The van der Waals surface area contributed by atoms with Gasteiger partial charge < -0.3 is 35.8 Å². The Morgan fingerprint density at radius 3 is 2.22 bits per heavy atom. The standard InChI is InChI=1S/C42H54ClN11O5S/c1-59-38-27-33(11-12-37(38)48-41-46-28-34(43)40(50-41)47-35-5-3-4-6-36(35)51-60(2,57)58)53-24-16-30(17-25-53)45-21-20-44-19-13-29-14-22-52(23-15-29)31-7-9-32(10-8-31)54-26-18-39(55)49-42(54)56/h3-12,27-30,44-45,51H,13-26H2,1-2H3,(H,49,55,56)(H2,46,47,48,50). The van der Waals surface area contributed by atoms with E-state index in [1.807, 2.05) is 24.3 Å². The highest BCUT2D eigenvalue weighted by molar-refractivity contribution is 7.92. The minimum absolute atomic E-state index is 0.221. The number of ether oxygens (including phenoxy) is 1. The maximum Gasteiger partial charge on any atom is 0.328 e. The molecule has 4 aromatic rings. The van der Waals surface area contributed by atoms with Gasteiger partial charge in [0.25, 0.3) is 0 Å². The first-order chi connectivity index (χ1) is 29.0. The molecule has 0 unspecified atom stereocenters. The highest BCUT2D eigenvalue weighted by Gasteiger charge is 2.25. The van der Waals surface area contributed by atoms with E-state index in [-0.39, 0.29) is 22.9 Å². The number of anilines is 8. The van der Waals surface area contributed by atoms with Crippen LogP contribution in [0.1, 0.15) is 38.5 Å². The fourth-order valence-corrected chi connectivity index (χ4v) is 8.61. The molecule has 320 valence electrons. The number of carbonyl (C=O) groups is 2. The summed E-state index contributed by atoms with van der Waals surface area (Å²) in [5.41, 5.74) is 4.62. The number of aromatic nitrogens is 2. The first kappa shape index (κ1) is 42.8. The van der Waals surface area contributed by atoms with Crippen LogP contribution in [0.2, 0.25) is 5.02 Å². The van der Waals surface area contributed by atoms with Crippen molar-refractivity contribution in [2.75, 3.05) is 95.8 Å². The Bertz CT molecular complexity index is 2220. The lowest BCUT2D eigenvalue weighted by atomic mass is 9.93. The third-order valence-corrected chi connectivity index (χ3v) is 12.0. The lowest BCUT2D eigenvalue weighted by molar-refractivity contribution is -0.120. The second-order valence-corrected chi connectivity index (χ2v) is 17.6. The Morgan fingerprint density at radius 2 is 1.50 bits per heavy atom. The molecule has 3 aliphatic heterocycles. The second kappa shape index (κ2) is 19.8. The van der Waals surface area contributed by atoms with Crippen LogP contribution in [0, 0.1) is 5.92 Å². The molecule has 0 radical (unpaired) electrons. The van der Waals surface area contributed by atoms with Crippen LogP contribution in [0.4, 0.5) is 50.7 Å². The van der Waals surface area contributed by atoms with Gasteiger partial charge in [-0.3, -0.25) is 19.7 Å². The number of rotatable bonds is 17. The Morgan fingerprint density at radius 1 is 0.817 bits per heavy atom. The van der Waals surface area contributed by atoms with Gasteiger partial charge in [0.1, 0.15) is 10.8 Å². The van der Waals surface area contributed by atoms with Crippen molar-refractivity contribution in [2.24, 2.45) is 5.92 Å². The Hall–Kier alpha value is -5.36. The number of urea groups is 1. The van der Waals surface area contributed by atoms with E-state index < -0.39 is 10.0 Å². The lowest BCUT2D eigenvalue weighted by Gasteiger charge is -2.34. The van der Waals surface area contributed by atoms with E-state index in [1.54, 1.807) is 36.3 Å². The number of imide groups is 1. The molecule has 4 heterocycles. The molecule has 0 aliphatic carbocycles. The zero-order chi connectivity index (χ0) is 42.1. The van der Waals surface area contributed by atoms with Crippen molar-refractivity contribution in [3.63, 3.8) is 0 Å². The van der Waals surface area contributed by atoms with Crippen LogP contribution >= 0.6 is 11.6 Å². The Labute approximate surface area is 356 Å². The largest absolute Gasteiger partial charge is 0.494 e. The van der Waals surface area contributed by atoms with E-state index in [2.05, 4.69) is 69.3 Å². The van der Waals surface area contributed by atoms with Crippen LogP contribution in [0.5, 0.6) is 5.75 Å². The van der Waals surface area contributed by atoms with Crippen molar-refractivity contribution in [2.45, 2.75) is 44.6 Å². The van der Waals surface area contributed by atoms with Crippen molar-refractivity contribution >= 4 is 79.5 Å². The van der Waals surface area contributed by atoms with Crippen LogP contribution in [0.3, 0.4) is 0 Å². The molecule has 3 saturated heterocycles. The van der Waals surface area contributed by atoms with Gasteiger partial charge in [0.2, 0.25) is 21.9 Å². The van der Waals surface area contributed by atoms with Crippen molar-refractivity contribution in [3.05, 3.63) is 77.9 Å². The third-order valence-electron chi connectivity index (χ3n) is 11.2. The van der Waals surface area contributed by atoms with Crippen molar-refractivity contribution in [1.29, 1.82) is 0 Å². The summed E-state index contributed by atoms with van der Waals surface area (Å²) in [6.07, 6.45) is 8.51. The highest BCUT2D eigenvalue weighted by atomic mass is 35.5. The van der Waals surface area contributed by atoms with E-state index >= 15 is 0 Å². The molecular weight excluding hydrogens is 806 g/mol. The maximum absolute atomic E-state index is 12.2. The predicted molar refractivity (Wildman–Crippen MR) is 239 cm³/mol. The SMILES string of the molecule is COc1cc(N2CCC(NCCNCCC3CCN(c4ccc(N5CCC(=O)NC5=O)cc4)CC3)CC2)ccc1Nc1ncc(Cl)c(Nc2ccccc2NS(C)(=O)=O)n1. The zero-order valence-electron chi connectivity index (χ0n) is 34.0. The maximum atomic E-state index is 12.2. The molecule has 0 spiro atoms. The van der Waals surface area contributed by atoms with E-state index in [0.717, 1.165) is 76.3 Å². The van der Waals surface area contributed by atoms with Gasteiger partial charge in [0.05, 0.1) is 36.6 Å². The van der Waals surface area contributed by atoms with Crippen LogP contribution in [0.15, 0.2) is 72.9 Å². The first-order valence-electron chi connectivity index (χ1n) is 20.5. The number of nitrogens with zero attached hydrogens (tertiary/aromatic N) is 5. The number of amides is 3. The van der Waals surface area contributed by atoms with E-state index in [1.165, 1.54) is 31.1 Å². The fraction of sp³-hybridized carbons (Fsp3) is 0.429. The number of carbonyl (C=O) groups excluding carboxylic acids is 2. The van der Waals surface area contributed by atoms with Crippen molar-refractivity contribution < 1.29 is 22.7 Å². The summed E-state index contributed by atoms with van der Waals surface area (Å²) in [6.45, 7) is 7.25. The van der Waals surface area contributed by atoms with Gasteiger partial charge >= 0.3 is 6.03 Å². The highest BCUT2D eigenvalue weighted by Crippen LogP contribution is 2.35. The summed E-state index contributed by atoms with van der Waals surface area (Å²) < 4.78 is 32.0. The van der Waals surface area contributed by atoms with Crippen LogP contribution in [0.25, 0.3) is 0 Å². The number of piperidine rings is 2. The van der Waals surface area contributed by atoms with Gasteiger partial charge in [-0.05, 0) is 93.1 Å². The summed E-state index contributed by atoms with van der Waals surface area (Å²) in [5, 5.41) is 16.4. The van der Waals surface area contributed by atoms with Crippen LogP contribution < -0.4 is 50.7 Å². The quantitative estimate of drug-likeness (QED) is 0.0691. The third kappa shape index (κ3) is 11.5. The second-order valence-electron chi connectivity index (χ2n) is 15.4. The summed E-state index contributed by atoms with van der Waals surface area (Å²) in [5.74, 6) is 1.74. The number of methoxy groups -OCH3 is 1. The average Bonchev–Trinajstić information content (AvgIpc) is 3.24. The van der Waals surface area contributed by atoms with Gasteiger partial charge in [-0.15, -0.1) is 0 Å².